The second-order valence-electron chi connectivity index (χ2n) is 3.04. The van der Waals surface area contributed by atoms with E-state index >= 15 is 0 Å². The van der Waals surface area contributed by atoms with Crippen molar-refractivity contribution in [2.45, 2.75) is 6.92 Å². The summed E-state index contributed by atoms with van der Waals surface area (Å²) >= 11 is 4.83. The Balaban J connectivity index is 2.75. The number of aromatic nitrogens is 1. The van der Waals surface area contributed by atoms with Crippen molar-refractivity contribution in [3.8, 4) is 0 Å². The minimum absolute atomic E-state index is 0.291. The molecule has 0 spiro atoms. The standard InChI is InChI=1S/C10H8BrNO2S/c1-5-8-6(11)3-12-4-7(8)15-9(5)10(13)14-2/h3-4H,1-2H3. The first-order valence-corrected chi connectivity index (χ1v) is 5.87. The number of rotatable bonds is 1. The second kappa shape index (κ2) is 3.90. The summed E-state index contributed by atoms with van der Waals surface area (Å²) in [5.74, 6) is -0.291. The number of thiophene rings is 1. The quantitative estimate of drug-likeness (QED) is 0.756. The highest BCUT2D eigenvalue weighted by Crippen LogP contribution is 2.35. The Morgan fingerprint density at radius 3 is 2.87 bits per heavy atom. The molecule has 0 unspecified atom stereocenters. The number of hydrogen-bond donors (Lipinski definition) is 0. The topological polar surface area (TPSA) is 39.2 Å². The number of nitrogens with zero attached hydrogens (tertiary/aromatic N) is 1. The predicted octanol–water partition coefficient (Wildman–Crippen LogP) is 3.15. The predicted molar refractivity (Wildman–Crippen MR) is 63.4 cm³/mol. The molecule has 0 bridgehead atoms. The van der Waals surface area contributed by atoms with Crippen molar-refractivity contribution < 1.29 is 9.53 Å². The van der Waals surface area contributed by atoms with Crippen molar-refractivity contribution >= 4 is 43.3 Å². The van der Waals surface area contributed by atoms with Crippen LogP contribution in [-0.4, -0.2) is 18.1 Å². The lowest BCUT2D eigenvalue weighted by molar-refractivity contribution is 0.0605. The van der Waals surface area contributed by atoms with Crippen LogP contribution >= 0.6 is 27.3 Å². The second-order valence-corrected chi connectivity index (χ2v) is 4.95. The Hall–Kier alpha value is -0.940. The molecule has 0 aliphatic heterocycles. The maximum atomic E-state index is 11.5. The summed E-state index contributed by atoms with van der Waals surface area (Å²) in [6, 6.07) is 0. The Morgan fingerprint density at radius 2 is 2.27 bits per heavy atom. The largest absolute Gasteiger partial charge is 0.465 e. The van der Waals surface area contributed by atoms with Crippen molar-refractivity contribution in [2.24, 2.45) is 0 Å². The van der Waals surface area contributed by atoms with Gasteiger partial charge < -0.3 is 4.74 Å². The van der Waals surface area contributed by atoms with Gasteiger partial charge in [0, 0.05) is 22.3 Å². The third kappa shape index (κ3) is 1.66. The minimum atomic E-state index is -0.291. The number of esters is 1. The molecule has 0 atom stereocenters. The number of pyridine rings is 1. The molecule has 2 aromatic rings. The van der Waals surface area contributed by atoms with Gasteiger partial charge >= 0.3 is 5.97 Å². The summed E-state index contributed by atoms with van der Waals surface area (Å²) in [6.45, 7) is 1.91. The van der Waals surface area contributed by atoms with Crippen LogP contribution in [0, 0.1) is 6.92 Å². The molecule has 0 saturated carbocycles. The van der Waals surface area contributed by atoms with E-state index < -0.39 is 0 Å². The van der Waals surface area contributed by atoms with E-state index in [0.717, 1.165) is 20.1 Å². The van der Waals surface area contributed by atoms with Crippen LogP contribution in [0.1, 0.15) is 15.2 Å². The normalized spacial score (nSPS) is 10.6. The van der Waals surface area contributed by atoms with E-state index in [2.05, 4.69) is 20.9 Å². The number of carbonyl (C=O) groups excluding carboxylic acids is 1. The molecule has 0 fully saturated rings. The number of aryl methyl sites for hydroxylation is 1. The van der Waals surface area contributed by atoms with E-state index in [0.29, 0.717) is 4.88 Å². The lowest BCUT2D eigenvalue weighted by Crippen LogP contribution is -1.99. The number of ether oxygens (including phenoxy) is 1. The molecule has 0 aliphatic rings. The van der Waals surface area contributed by atoms with Gasteiger partial charge in [0.1, 0.15) is 4.88 Å². The van der Waals surface area contributed by atoms with E-state index in [4.69, 9.17) is 4.74 Å². The van der Waals surface area contributed by atoms with Crippen molar-refractivity contribution in [1.29, 1.82) is 0 Å². The average molecular weight is 286 g/mol. The first-order chi connectivity index (χ1) is 7.15. The maximum absolute atomic E-state index is 11.5. The zero-order valence-corrected chi connectivity index (χ0v) is 10.6. The van der Waals surface area contributed by atoms with Crippen molar-refractivity contribution in [1.82, 2.24) is 4.98 Å². The SMILES string of the molecule is COC(=O)c1sc2cncc(Br)c2c1C. The van der Waals surface area contributed by atoms with E-state index in [1.165, 1.54) is 18.4 Å². The molecule has 0 saturated heterocycles. The summed E-state index contributed by atoms with van der Waals surface area (Å²) in [4.78, 5) is 16.2. The molecule has 3 nitrogen and oxygen atoms in total. The van der Waals surface area contributed by atoms with Gasteiger partial charge in [0.05, 0.1) is 11.8 Å². The average Bonchev–Trinajstić information content (AvgIpc) is 2.56. The number of halogens is 1. The Kier molecular flexibility index (Phi) is 2.75. The van der Waals surface area contributed by atoms with E-state index in [1.54, 1.807) is 12.4 Å². The highest BCUT2D eigenvalue weighted by Gasteiger charge is 2.17. The molecule has 0 N–H and O–H groups in total. The zero-order chi connectivity index (χ0) is 11.0. The highest BCUT2D eigenvalue weighted by atomic mass is 79.9. The van der Waals surface area contributed by atoms with Crippen LogP contribution < -0.4 is 0 Å². The van der Waals surface area contributed by atoms with Gasteiger partial charge in [-0.05, 0) is 28.4 Å². The van der Waals surface area contributed by atoms with Gasteiger partial charge in [0.25, 0.3) is 0 Å². The van der Waals surface area contributed by atoms with Crippen LogP contribution in [0.4, 0.5) is 0 Å². The summed E-state index contributed by atoms with van der Waals surface area (Å²) in [5.41, 5.74) is 0.941. The molecular weight excluding hydrogens is 278 g/mol. The van der Waals surface area contributed by atoms with Gasteiger partial charge in [-0.25, -0.2) is 4.79 Å². The molecule has 0 aliphatic carbocycles. The molecule has 0 amide bonds. The molecule has 5 heteroatoms. The van der Waals surface area contributed by atoms with Gasteiger partial charge in [-0.1, -0.05) is 0 Å². The smallest absolute Gasteiger partial charge is 0.348 e. The molecular formula is C10H8BrNO2S. The van der Waals surface area contributed by atoms with Crippen molar-refractivity contribution in [2.75, 3.05) is 7.11 Å². The molecule has 78 valence electrons. The molecule has 0 radical (unpaired) electrons. The zero-order valence-electron chi connectivity index (χ0n) is 8.20. The van der Waals surface area contributed by atoms with Crippen LogP contribution in [0.25, 0.3) is 10.1 Å². The number of fused-ring (bicyclic) bond motifs is 1. The first-order valence-electron chi connectivity index (χ1n) is 4.26. The Bertz CT molecular complexity index is 535. The number of carbonyl (C=O) groups is 1. The van der Waals surface area contributed by atoms with Gasteiger partial charge in [0.15, 0.2) is 0 Å². The lowest BCUT2D eigenvalue weighted by atomic mass is 10.2. The molecule has 2 rings (SSSR count). The van der Waals surface area contributed by atoms with Crippen molar-refractivity contribution in [3.05, 3.63) is 27.3 Å². The molecule has 2 heterocycles. The van der Waals surface area contributed by atoms with Crippen LogP contribution in [0.3, 0.4) is 0 Å². The van der Waals surface area contributed by atoms with Crippen LogP contribution in [0.2, 0.25) is 0 Å². The molecule has 0 aromatic carbocycles. The summed E-state index contributed by atoms with van der Waals surface area (Å²) in [7, 11) is 1.39. The van der Waals surface area contributed by atoms with E-state index in [9.17, 15) is 4.79 Å². The highest BCUT2D eigenvalue weighted by molar-refractivity contribution is 9.10. The fraction of sp³-hybridized carbons (Fsp3) is 0.200. The summed E-state index contributed by atoms with van der Waals surface area (Å²) in [5, 5.41) is 1.04. The fourth-order valence-electron chi connectivity index (χ4n) is 1.45. The third-order valence-corrected chi connectivity index (χ3v) is 3.97. The monoisotopic (exact) mass is 285 g/mol. The molecule has 15 heavy (non-hydrogen) atoms. The van der Waals surface area contributed by atoms with E-state index in [1.807, 2.05) is 6.92 Å². The number of hydrogen-bond acceptors (Lipinski definition) is 4. The van der Waals surface area contributed by atoms with Crippen LogP contribution in [-0.2, 0) is 4.74 Å². The number of methoxy groups -OCH3 is 1. The molecule has 2 aromatic heterocycles. The van der Waals surface area contributed by atoms with Gasteiger partial charge in [0.2, 0.25) is 0 Å². The summed E-state index contributed by atoms with van der Waals surface area (Å²) < 4.78 is 6.62. The van der Waals surface area contributed by atoms with E-state index in [-0.39, 0.29) is 5.97 Å². The Labute approximate surface area is 99.2 Å². The van der Waals surface area contributed by atoms with Crippen LogP contribution in [0.5, 0.6) is 0 Å². The lowest BCUT2D eigenvalue weighted by Gasteiger charge is -1.97. The van der Waals surface area contributed by atoms with Crippen LogP contribution in [0.15, 0.2) is 16.9 Å². The first kappa shape index (κ1) is 10.6. The van der Waals surface area contributed by atoms with Gasteiger partial charge in [-0.3, -0.25) is 4.98 Å². The maximum Gasteiger partial charge on any atom is 0.348 e. The summed E-state index contributed by atoms with van der Waals surface area (Å²) in [6.07, 6.45) is 3.48. The van der Waals surface area contributed by atoms with Crippen molar-refractivity contribution in [3.63, 3.8) is 0 Å². The third-order valence-electron chi connectivity index (χ3n) is 2.16. The van der Waals surface area contributed by atoms with Gasteiger partial charge in [-0.15, -0.1) is 11.3 Å². The fourth-order valence-corrected chi connectivity index (χ4v) is 3.33. The Morgan fingerprint density at radius 1 is 1.53 bits per heavy atom. The van der Waals surface area contributed by atoms with Gasteiger partial charge in [-0.2, -0.15) is 0 Å². The minimum Gasteiger partial charge on any atom is -0.465 e.